The fraction of sp³-hybridized carbons (Fsp3) is 0.235. The number of primary sulfonamides is 1. The predicted molar refractivity (Wildman–Crippen MR) is 97.7 cm³/mol. The van der Waals surface area contributed by atoms with E-state index in [2.05, 4.69) is 5.32 Å². The van der Waals surface area contributed by atoms with E-state index in [-0.39, 0.29) is 16.2 Å². The van der Waals surface area contributed by atoms with Gasteiger partial charge in [0, 0.05) is 25.0 Å². The second-order valence-corrected chi connectivity index (χ2v) is 6.99. The minimum Gasteiger partial charge on any atom is -0.496 e. The zero-order valence-electron chi connectivity index (χ0n) is 14.3. The van der Waals surface area contributed by atoms with Crippen LogP contribution in [0.4, 0.5) is 11.4 Å². The summed E-state index contributed by atoms with van der Waals surface area (Å²) < 4.78 is 28.2. The Balaban J connectivity index is 2.35. The van der Waals surface area contributed by atoms with E-state index in [0.29, 0.717) is 5.69 Å². The summed E-state index contributed by atoms with van der Waals surface area (Å²) in [5.74, 6) is -0.231. The van der Waals surface area contributed by atoms with Crippen molar-refractivity contribution >= 4 is 27.3 Å². The highest BCUT2D eigenvalue weighted by Crippen LogP contribution is 2.24. The van der Waals surface area contributed by atoms with Crippen LogP contribution in [0, 0.1) is 0 Å². The van der Waals surface area contributed by atoms with Gasteiger partial charge in [-0.3, -0.25) is 4.79 Å². The normalized spacial score (nSPS) is 11.0. The van der Waals surface area contributed by atoms with Gasteiger partial charge in [0.05, 0.1) is 17.6 Å². The molecule has 2 rings (SSSR count). The number of anilines is 2. The maximum absolute atomic E-state index is 12.6. The van der Waals surface area contributed by atoms with Crippen LogP contribution in [0.2, 0.25) is 0 Å². The molecule has 2 aromatic rings. The quantitative estimate of drug-likeness (QED) is 0.818. The Morgan fingerprint density at radius 3 is 2.56 bits per heavy atom. The van der Waals surface area contributed by atoms with Crippen molar-refractivity contribution in [2.75, 3.05) is 30.9 Å². The first-order chi connectivity index (χ1) is 11.8. The molecule has 3 N–H and O–H groups in total. The topological polar surface area (TPSA) is 102 Å². The van der Waals surface area contributed by atoms with E-state index in [1.165, 1.54) is 25.3 Å². The standard InChI is InChI=1S/C17H21N3O4S/c1-4-20(2)13-7-5-6-12(10-13)19-17(21)15-11-14(25(18,22)23)8-9-16(15)24-3/h5-11H,4H2,1-3H3,(H,19,21)(H2,18,22,23). The monoisotopic (exact) mass is 363 g/mol. The smallest absolute Gasteiger partial charge is 0.259 e. The van der Waals surface area contributed by atoms with Crippen LogP contribution in [0.15, 0.2) is 47.4 Å². The number of ether oxygens (including phenoxy) is 1. The molecule has 0 atom stereocenters. The number of rotatable bonds is 6. The highest BCUT2D eigenvalue weighted by molar-refractivity contribution is 7.89. The molecule has 7 nitrogen and oxygen atoms in total. The zero-order valence-corrected chi connectivity index (χ0v) is 15.1. The van der Waals surface area contributed by atoms with Gasteiger partial charge in [0.1, 0.15) is 5.75 Å². The van der Waals surface area contributed by atoms with E-state index in [4.69, 9.17) is 9.88 Å². The van der Waals surface area contributed by atoms with E-state index in [1.807, 2.05) is 37.1 Å². The maximum atomic E-state index is 12.6. The summed E-state index contributed by atoms with van der Waals surface area (Å²) in [4.78, 5) is 14.5. The second kappa shape index (κ2) is 7.54. The molecular formula is C17H21N3O4S. The molecule has 2 aromatic carbocycles. The average molecular weight is 363 g/mol. The van der Waals surface area contributed by atoms with Crippen molar-refractivity contribution in [3.05, 3.63) is 48.0 Å². The molecule has 25 heavy (non-hydrogen) atoms. The minimum absolute atomic E-state index is 0.0864. The lowest BCUT2D eigenvalue weighted by Gasteiger charge is -2.18. The van der Waals surface area contributed by atoms with Crippen molar-refractivity contribution < 1.29 is 17.9 Å². The number of nitrogens with zero attached hydrogens (tertiary/aromatic N) is 1. The Morgan fingerprint density at radius 2 is 1.96 bits per heavy atom. The SMILES string of the molecule is CCN(C)c1cccc(NC(=O)c2cc(S(N)(=O)=O)ccc2OC)c1. The van der Waals surface area contributed by atoms with E-state index >= 15 is 0 Å². The molecule has 0 radical (unpaired) electrons. The zero-order chi connectivity index (χ0) is 18.6. The Morgan fingerprint density at radius 1 is 1.24 bits per heavy atom. The van der Waals surface area contributed by atoms with Gasteiger partial charge < -0.3 is 15.0 Å². The third-order valence-electron chi connectivity index (χ3n) is 3.76. The lowest BCUT2D eigenvalue weighted by Crippen LogP contribution is -2.18. The molecule has 0 saturated heterocycles. The number of methoxy groups -OCH3 is 1. The van der Waals surface area contributed by atoms with Crippen LogP contribution in [0.25, 0.3) is 0 Å². The highest BCUT2D eigenvalue weighted by Gasteiger charge is 2.17. The van der Waals surface area contributed by atoms with Gasteiger partial charge in [-0.1, -0.05) is 6.07 Å². The average Bonchev–Trinajstić information content (AvgIpc) is 2.59. The lowest BCUT2D eigenvalue weighted by molar-refractivity contribution is 0.102. The molecule has 0 spiro atoms. The van der Waals surface area contributed by atoms with Crippen molar-refractivity contribution in [3.8, 4) is 5.75 Å². The fourth-order valence-electron chi connectivity index (χ4n) is 2.24. The van der Waals surface area contributed by atoms with Gasteiger partial charge in [0.2, 0.25) is 10.0 Å². The van der Waals surface area contributed by atoms with Gasteiger partial charge in [0.25, 0.3) is 5.91 Å². The molecule has 0 aliphatic carbocycles. The van der Waals surface area contributed by atoms with Gasteiger partial charge in [-0.2, -0.15) is 0 Å². The largest absolute Gasteiger partial charge is 0.496 e. The van der Waals surface area contributed by atoms with Crippen molar-refractivity contribution in [2.45, 2.75) is 11.8 Å². The molecule has 0 bridgehead atoms. The number of sulfonamides is 1. The van der Waals surface area contributed by atoms with Crippen LogP contribution in [0.5, 0.6) is 5.75 Å². The number of benzene rings is 2. The van der Waals surface area contributed by atoms with Crippen LogP contribution >= 0.6 is 0 Å². The van der Waals surface area contributed by atoms with Crippen LogP contribution < -0.4 is 20.1 Å². The third kappa shape index (κ3) is 4.49. The number of nitrogens with two attached hydrogens (primary N) is 1. The molecule has 1 amide bonds. The summed E-state index contributed by atoms with van der Waals surface area (Å²) in [5.41, 5.74) is 1.62. The molecule has 0 fully saturated rings. The summed E-state index contributed by atoms with van der Waals surface area (Å²) in [6, 6.07) is 11.2. The number of amides is 1. The summed E-state index contributed by atoms with van der Waals surface area (Å²) in [6.07, 6.45) is 0. The van der Waals surface area contributed by atoms with E-state index in [0.717, 1.165) is 12.2 Å². The number of hydrogen-bond acceptors (Lipinski definition) is 5. The first kappa shape index (κ1) is 18.8. The first-order valence-electron chi connectivity index (χ1n) is 7.59. The summed E-state index contributed by atoms with van der Waals surface area (Å²) in [7, 11) is -0.574. The molecule has 8 heteroatoms. The molecule has 0 saturated carbocycles. The van der Waals surface area contributed by atoms with Crippen molar-refractivity contribution in [2.24, 2.45) is 5.14 Å². The number of carbonyl (C=O) groups is 1. The Hall–Kier alpha value is -2.58. The van der Waals surface area contributed by atoms with Gasteiger partial charge in [0.15, 0.2) is 0 Å². The summed E-state index contributed by atoms with van der Waals surface area (Å²) in [6.45, 7) is 2.84. The summed E-state index contributed by atoms with van der Waals surface area (Å²) >= 11 is 0. The molecule has 0 aromatic heterocycles. The number of hydrogen-bond donors (Lipinski definition) is 2. The van der Waals surface area contributed by atoms with E-state index in [9.17, 15) is 13.2 Å². The second-order valence-electron chi connectivity index (χ2n) is 5.43. The number of carbonyl (C=O) groups excluding carboxylic acids is 1. The Bertz CT molecular complexity index is 881. The van der Waals surface area contributed by atoms with Crippen LogP contribution in [-0.4, -0.2) is 35.0 Å². The molecule has 0 heterocycles. The van der Waals surface area contributed by atoms with Gasteiger partial charge >= 0.3 is 0 Å². The molecule has 0 unspecified atom stereocenters. The molecule has 0 aliphatic rings. The number of nitrogens with one attached hydrogen (secondary N) is 1. The van der Waals surface area contributed by atoms with E-state index < -0.39 is 15.9 Å². The van der Waals surface area contributed by atoms with Crippen LogP contribution in [-0.2, 0) is 10.0 Å². The van der Waals surface area contributed by atoms with Crippen molar-refractivity contribution in [3.63, 3.8) is 0 Å². The Kier molecular flexibility index (Phi) is 5.66. The molecular weight excluding hydrogens is 342 g/mol. The molecule has 0 aliphatic heterocycles. The van der Waals surface area contributed by atoms with E-state index in [1.54, 1.807) is 6.07 Å². The summed E-state index contributed by atoms with van der Waals surface area (Å²) in [5, 5.41) is 7.88. The molecule has 134 valence electrons. The van der Waals surface area contributed by atoms with Crippen molar-refractivity contribution in [1.29, 1.82) is 0 Å². The van der Waals surface area contributed by atoms with Gasteiger partial charge in [-0.05, 0) is 43.3 Å². The third-order valence-corrected chi connectivity index (χ3v) is 4.67. The predicted octanol–water partition coefficient (Wildman–Crippen LogP) is 2.05. The van der Waals surface area contributed by atoms with Crippen LogP contribution in [0.3, 0.4) is 0 Å². The highest BCUT2D eigenvalue weighted by atomic mass is 32.2. The van der Waals surface area contributed by atoms with Crippen LogP contribution in [0.1, 0.15) is 17.3 Å². The minimum atomic E-state index is -3.92. The van der Waals surface area contributed by atoms with Gasteiger partial charge in [-0.15, -0.1) is 0 Å². The Labute approximate surface area is 147 Å². The van der Waals surface area contributed by atoms with Gasteiger partial charge in [-0.25, -0.2) is 13.6 Å². The lowest BCUT2D eigenvalue weighted by atomic mass is 10.1. The fourth-order valence-corrected chi connectivity index (χ4v) is 2.78. The van der Waals surface area contributed by atoms with Crippen molar-refractivity contribution in [1.82, 2.24) is 0 Å². The maximum Gasteiger partial charge on any atom is 0.259 e. The first-order valence-corrected chi connectivity index (χ1v) is 9.14.